The van der Waals surface area contributed by atoms with Crippen LogP contribution in [0.25, 0.3) is 5.65 Å². The molecule has 2 aromatic heterocycles. The van der Waals surface area contributed by atoms with E-state index >= 15 is 0 Å². The number of aromatic nitrogens is 4. The van der Waals surface area contributed by atoms with E-state index in [2.05, 4.69) is 25.9 Å². The summed E-state index contributed by atoms with van der Waals surface area (Å²) in [5.41, 5.74) is 0.759. The molecule has 0 amide bonds. The van der Waals surface area contributed by atoms with Crippen molar-refractivity contribution in [3.8, 4) is 0 Å². The van der Waals surface area contributed by atoms with Gasteiger partial charge in [0.1, 0.15) is 5.82 Å². The average molecular weight is 192 g/mol. The molecule has 0 atom stereocenters. The number of nitrogens with zero attached hydrogens (tertiary/aromatic N) is 4. The lowest BCUT2D eigenvalue weighted by molar-refractivity contribution is 0.719. The van der Waals surface area contributed by atoms with Crippen LogP contribution >= 0.6 is 0 Å². The first-order valence-corrected chi connectivity index (χ1v) is 4.39. The summed E-state index contributed by atoms with van der Waals surface area (Å²) >= 11 is 0. The Morgan fingerprint density at radius 1 is 1.29 bits per heavy atom. The molecule has 0 saturated heterocycles. The van der Waals surface area contributed by atoms with E-state index in [0.717, 1.165) is 17.3 Å². The topological polar surface area (TPSA) is 67.1 Å². The van der Waals surface area contributed by atoms with E-state index in [4.69, 9.17) is 0 Å². The molecule has 2 aromatic rings. The third-order valence-electron chi connectivity index (χ3n) is 1.92. The van der Waals surface area contributed by atoms with E-state index in [9.17, 15) is 0 Å². The van der Waals surface area contributed by atoms with Crippen molar-refractivity contribution in [1.82, 2.24) is 25.1 Å². The number of rotatable bonds is 3. The number of nitrogens with one attached hydrogen (secondary N) is 2. The molecule has 2 N–H and O–H groups in total. The SMILES string of the molecule is CNCc1nnc2ccc(NC)nn12. The maximum absolute atomic E-state index is 4.31. The van der Waals surface area contributed by atoms with Gasteiger partial charge < -0.3 is 10.6 Å². The lowest BCUT2D eigenvalue weighted by Gasteiger charge is -2.00. The first-order valence-electron chi connectivity index (χ1n) is 4.39. The second kappa shape index (κ2) is 3.59. The lowest BCUT2D eigenvalue weighted by Crippen LogP contribution is -2.10. The molecule has 0 radical (unpaired) electrons. The van der Waals surface area contributed by atoms with Crippen molar-refractivity contribution in [2.75, 3.05) is 19.4 Å². The molecule has 14 heavy (non-hydrogen) atoms. The summed E-state index contributed by atoms with van der Waals surface area (Å²) in [5, 5.41) is 18.3. The first kappa shape index (κ1) is 8.89. The quantitative estimate of drug-likeness (QED) is 0.710. The van der Waals surface area contributed by atoms with Crippen molar-refractivity contribution in [3.05, 3.63) is 18.0 Å². The Balaban J connectivity index is 2.52. The smallest absolute Gasteiger partial charge is 0.178 e. The minimum Gasteiger partial charge on any atom is -0.372 e. The van der Waals surface area contributed by atoms with Crippen molar-refractivity contribution in [1.29, 1.82) is 0 Å². The summed E-state index contributed by atoms with van der Waals surface area (Å²) in [4.78, 5) is 0. The third-order valence-corrected chi connectivity index (χ3v) is 1.92. The zero-order valence-corrected chi connectivity index (χ0v) is 8.15. The van der Waals surface area contributed by atoms with Gasteiger partial charge in [-0.05, 0) is 19.2 Å². The van der Waals surface area contributed by atoms with Gasteiger partial charge in [0.15, 0.2) is 11.5 Å². The van der Waals surface area contributed by atoms with Crippen molar-refractivity contribution in [2.45, 2.75) is 6.54 Å². The molecule has 6 nitrogen and oxygen atoms in total. The highest BCUT2D eigenvalue weighted by Gasteiger charge is 2.05. The van der Waals surface area contributed by atoms with Gasteiger partial charge in [-0.15, -0.1) is 15.3 Å². The monoisotopic (exact) mass is 192 g/mol. The maximum Gasteiger partial charge on any atom is 0.178 e. The van der Waals surface area contributed by atoms with E-state index in [1.807, 2.05) is 26.2 Å². The molecular weight excluding hydrogens is 180 g/mol. The van der Waals surface area contributed by atoms with Gasteiger partial charge in [-0.3, -0.25) is 0 Å². The van der Waals surface area contributed by atoms with Gasteiger partial charge in [-0.2, -0.15) is 4.52 Å². The Morgan fingerprint density at radius 2 is 2.14 bits per heavy atom. The normalized spacial score (nSPS) is 10.7. The first-order chi connectivity index (χ1) is 6.85. The molecule has 0 aromatic carbocycles. The number of hydrogen-bond donors (Lipinski definition) is 2. The van der Waals surface area contributed by atoms with Crippen molar-refractivity contribution < 1.29 is 0 Å². The molecule has 2 rings (SSSR count). The number of hydrogen-bond acceptors (Lipinski definition) is 5. The Labute approximate surface area is 81.3 Å². The summed E-state index contributed by atoms with van der Waals surface area (Å²) in [5.74, 6) is 1.61. The summed E-state index contributed by atoms with van der Waals surface area (Å²) in [6, 6.07) is 3.75. The fourth-order valence-corrected chi connectivity index (χ4v) is 1.23. The van der Waals surface area contributed by atoms with E-state index in [1.165, 1.54) is 0 Å². The molecule has 0 aliphatic heterocycles. The van der Waals surface area contributed by atoms with Gasteiger partial charge >= 0.3 is 0 Å². The molecule has 0 fully saturated rings. The van der Waals surface area contributed by atoms with Gasteiger partial charge in [-0.25, -0.2) is 0 Å². The summed E-state index contributed by atoms with van der Waals surface area (Å²) in [6.45, 7) is 0.654. The predicted molar refractivity (Wildman–Crippen MR) is 53.1 cm³/mol. The van der Waals surface area contributed by atoms with Crippen molar-refractivity contribution in [3.63, 3.8) is 0 Å². The predicted octanol–water partition coefficient (Wildman–Crippen LogP) is -0.115. The van der Waals surface area contributed by atoms with E-state index < -0.39 is 0 Å². The van der Waals surface area contributed by atoms with Crippen molar-refractivity contribution in [2.24, 2.45) is 0 Å². The molecule has 0 aliphatic rings. The second-order valence-corrected chi connectivity index (χ2v) is 2.89. The van der Waals surface area contributed by atoms with Gasteiger partial charge in [0, 0.05) is 7.05 Å². The Morgan fingerprint density at radius 3 is 2.86 bits per heavy atom. The molecule has 2 heterocycles. The fourth-order valence-electron chi connectivity index (χ4n) is 1.23. The molecule has 0 spiro atoms. The summed E-state index contributed by atoms with van der Waals surface area (Å²) in [6.07, 6.45) is 0. The van der Waals surface area contributed by atoms with Gasteiger partial charge in [0.25, 0.3) is 0 Å². The van der Waals surface area contributed by atoms with Crippen LogP contribution in [-0.2, 0) is 6.54 Å². The van der Waals surface area contributed by atoms with Crippen LogP contribution in [0.2, 0.25) is 0 Å². The zero-order valence-electron chi connectivity index (χ0n) is 8.15. The van der Waals surface area contributed by atoms with Crippen molar-refractivity contribution >= 4 is 11.5 Å². The van der Waals surface area contributed by atoms with Gasteiger partial charge in [-0.1, -0.05) is 0 Å². The minimum absolute atomic E-state index is 0.654. The average Bonchev–Trinajstić information content (AvgIpc) is 2.61. The van der Waals surface area contributed by atoms with Gasteiger partial charge in [0.2, 0.25) is 0 Å². The highest BCUT2D eigenvalue weighted by Crippen LogP contribution is 2.05. The van der Waals surface area contributed by atoms with Crippen LogP contribution in [0.15, 0.2) is 12.1 Å². The third kappa shape index (κ3) is 1.39. The molecule has 0 unspecified atom stereocenters. The largest absolute Gasteiger partial charge is 0.372 e. The Bertz CT molecular complexity index is 434. The number of anilines is 1. The van der Waals surface area contributed by atoms with Crippen LogP contribution in [-0.4, -0.2) is 33.9 Å². The Kier molecular flexibility index (Phi) is 2.28. The van der Waals surface area contributed by atoms with Crippen LogP contribution in [0.5, 0.6) is 0 Å². The second-order valence-electron chi connectivity index (χ2n) is 2.89. The molecule has 74 valence electrons. The van der Waals surface area contributed by atoms with Crippen LogP contribution in [0.3, 0.4) is 0 Å². The molecule has 0 saturated carbocycles. The number of fused-ring (bicyclic) bond motifs is 1. The van der Waals surface area contributed by atoms with E-state index in [1.54, 1.807) is 4.52 Å². The van der Waals surface area contributed by atoms with E-state index in [0.29, 0.717) is 6.54 Å². The highest BCUT2D eigenvalue weighted by molar-refractivity contribution is 5.43. The maximum atomic E-state index is 4.31. The summed E-state index contributed by atoms with van der Waals surface area (Å²) < 4.78 is 1.72. The molecular formula is C8H12N6. The molecule has 0 bridgehead atoms. The van der Waals surface area contributed by atoms with E-state index in [-0.39, 0.29) is 0 Å². The minimum atomic E-state index is 0.654. The highest BCUT2D eigenvalue weighted by atomic mass is 15.4. The van der Waals surface area contributed by atoms with Crippen LogP contribution in [0.1, 0.15) is 5.82 Å². The Hall–Kier alpha value is -1.69. The van der Waals surface area contributed by atoms with Crippen LogP contribution in [0.4, 0.5) is 5.82 Å². The molecule has 0 aliphatic carbocycles. The fraction of sp³-hybridized carbons (Fsp3) is 0.375. The van der Waals surface area contributed by atoms with Crippen LogP contribution in [0, 0.1) is 0 Å². The lowest BCUT2D eigenvalue weighted by atomic mass is 10.5. The summed E-state index contributed by atoms with van der Waals surface area (Å²) in [7, 11) is 3.69. The van der Waals surface area contributed by atoms with Gasteiger partial charge in [0.05, 0.1) is 6.54 Å². The zero-order chi connectivity index (χ0) is 9.97. The standard InChI is InChI=1S/C8H12N6/c1-9-5-8-12-11-7-4-3-6(10-2)13-14(7)8/h3-4,9H,5H2,1-2H3,(H,10,13). The molecule has 6 heteroatoms. The van der Waals surface area contributed by atoms with Crippen LogP contribution < -0.4 is 10.6 Å².